The normalized spacial score (nSPS) is 11.8. The third-order valence-corrected chi connectivity index (χ3v) is 2.82. The summed E-state index contributed by atoms with van der Waals surface area (Å²) >= 11 is 0. The van der Waals surface area contributed by atoms with E-state index in [1.54, 1.807) is 10.6 Å². The van der Waals surface area contributed by atoms with Crippen LogP contribution in [-0.2, 0) is 11.3 Å². The molecule has 0 atom stereocenters. The van der Waals surface area contributed by atoms with Gasteiger partial charge in [0.1, 0.15) is 5.82 Å². The number of anilines is 1. The molecule has 1 amide bonds. The fourth-order valence-electron chi connectivity index (χ4n) is 2.05. The summed E-state index contributed by atoms with van der Waals surface area (Å²) < 4.78 is 14.8. The molecule has 0 bridgehead atoms. The monoisotopic (exact) mass is 278 g/mol. The molecule has 2 aromatic rings. The Morgan fingerprint density at radius 2 is 2.15 bits per heavy atom. The van der Waals surface area contributed by atoms with Crippen molar-refractivity contribution in [2.24, 2.45) is 0 Å². The number of halogens is 1. The van der Waals surface area contributed by atoms with E-state index in [-0.39, 0.29) is 23.2 Å². The van der Waals surface area contributed by atoms with Crippen LogP contribution >= 0.6 is 0 Å². The number of hydrogen-bond acceptors (Lipinski definition) is 3. The summed E-state index contributed by atoms with van der Waals surface area (Å²) in [7, 11) is 0. The fraction of sp³-hybridized carbons (Fsp3) is 0.429. The first-order valence-electron chi connectivity index (χ1n) is 6.48. The van der Waals surface area contributed by atoms with Gasteiger partial charge in [0.2, 0.25) is 11.9 Å². The molecule has 0 fully saturated rings. The van der Waals surface area contributed by atoms with Gasteiger partial charge in [0, 0.05) is 24.6 Å². The molecule has 20 heavy (non-hydrogen) atoms. The molecule has 1 heterocycles. The lowest BCUT2D eigenvalue weighted by Crippen LogP contribution is -2.40. The maximum absolute atomic E-state index is 13.1. The molecule has 3 N–H and O–H groups in total. The van der Waals surface area contributed by atoms with Gasteiger partial charge in [-0.1, -0.05) is 0 Å². The number of amides is 1. The van der Waals surface area contributed by atoms with Crippen molar-refractivity contribution in [3.8, 4) is 0 Å². The molecule has 6 heteroatoms. The number of aryl methyl sites for hydroxylation is 1. The molecular formula is C14H19FN4O. The highest BCUT2D eigenvalue weighted by Crippen LogP contribution is 2.19. The van der Waals surface area contributed by atoms with E-state index >= 15 is 0 Å². The quantitative estimate of drug-likeness (QED) is 0.902. The molecule has 0 aliphatic rings. The number of nitrogens with zero attached hydrogens (tertiary/aromatic N) is 2. The summed E-state index contributed by atoms with van der Waals surface area (Å²) in [6.07, 6.45) is 0.296. The minimum absolute atomic E-state index is 0.0548. The second kappa shape index (κ2) is 5.11. The molecule has 2 rings (SSSR count). The number of hydrogen-bond donors (Lipinski definition) is 2. The number of aromatic nitrogens is 2. The Bertz CT molecular complexity index is 642. The van der Waals surface area contributed by atoms with E-state index in [4.69, 9.17) is 5.73 Å². The Morgan fingerprint density at radius 3 is 2.80 bits per heavy atom. The van der Waals surface area contributed by atoms with Gasteiger partial charge >= 0.3 is 0 Å². The zero-order chi connectivity index (χ0) is 14.9. The van der Waals surface area contributed by atoms with Crippen molar-refractivity contribution in [2.75, 3.05) is 5.73 Å². The highest BCUT2D eigenvalue weighted by Gasteiger charge is 2.15. The first-order valence-corrected chi connectivity index (χ1v) is 6.48. The van der Waals surface area contributed by atoms with E-state index in [2.05, 4.69) is 10.3 Å². The number of benzene rings is 1. The number of carbonyl (C=O) groups excluding carboxylic acids is 1. The van der Waals surface area contributed by atoms with Crippen LogP contribution in [0.2, 0.25) is 0 Å². The molecule has 1 aromatic carbocycles. The molecule has 0 aliphatic carbocycles. The predicted molar refractivity (Wildman–Crippen MR) is 76.6 cm³/mol. The zero-order valence-corrected chi connectivity index (χ0v) is 11.9. The topological polar surface area (TPSA) is 72.9 Å². The molecule has 0 unspecified atom stereocenters. The van der Waals surface area contributed by atoms with Gasteiger partial charge in [0.15, 0.2) is 0 Å². The molecule has 108 valence electrons. The minimum Gasteiger partial charge on any atom is -0.369 e. The first-order chi connectivity index (χ1) is 9.26. The van der Waals surface area contributed by atoms with Crippen LogP contribution in [0, 0.1) is 5.82 Å². The van der Waals surface area contributed by atoms with E-state index in [9.17, 15) is 9.18 Å². The third kappa shape index (κ3) is 3.26. The molecule has 0 radical (unpaired) electrons. The van der Waals surface area contributed by atoms with E-state index < -0.39 is 0 Å². The first kappa shape index (κ1) is 14.3. The van der Waals surface area contributed by atoms with Crippen molar-refractivity contribution in [3.63, 3.8) is 0 Å². The van der Waals surface area contributed by atoms with Crippen LogP contribution in [0.4, 0.5) is 10.3 Å². The van der Waals surface area contributed by atoms with Crippen LogP contribution in [0.5, 0.6) is 0 Å². The molecule has 0 saturated heterocycles. The number of carbonyl (C=O) groups is 1. The number of nitrogens with one attached hydrogen (secondary N) is 1. The van der Waals surface area contributed by atoms with Gasteiger partial charge in [-0.05, 0) is 32.9 Å². The Hall–Kier alpha value is -2.11. The average molecular weight is 278 g/mol. The number of nitrogen functional groups attached to an aromatic ring is 1. The van der Waals surface area contributed by atoms with Gasteiger partial charge in [0.25, 0.3) is 0 Å². The standard InChI is InChI=1S/C14H19FN4O/c1-14(2,3)18-12(20)6-7-19-11-5-4-9(15)8-10(11)17-13(19)16/h4-5,8H,6-7H2,1-3H3,(H2,16,17)(H,18,20). The minimum atomic E-state index is -0.354. The van der Waals surface area contributed by atoms with Crippen LogP contribution in [0.25, 0.3) is 11.0 Å². The molecule has 0 aliphatic heterocycles. The largest absolute Gasteiger partial charge is 0.369 e. The predicted octanol–water partition coefficient (Wildman–Crippen LogP) is 2.06. The number of nitrogens with two attached hydrogens (primary N) is 1. The van der Waals surface area contributed by atoms with E-state index in [1.807, 2.05) is 20.8 Å². The number of fused-ring (bicyclic) bond motifs is 1. The summed E-state index contributed by atoms with van der Waals surface area (Å²) in [4.78, 5) is 15.9. The lowest BCUT2D eigenvalue weighted by atomic mass is 10.1. The summed E-state index contributed by atoms with van der Waals surface area (Å²) in [6.45, 7) is 6.19. The molecule has 0 spiro atoms. The van der Waals surface area contributed by atoms with Crippen molar-refractivity contribution < 1.29 is 9.18 Å². The van der Waals surface area contributed by atoms with Crippen LogP contribution in [0.1, 0.15) is 27.2 Å². The van der Waals surface area contributed by atoms with Gasteiger partial charge in [-0.25, -0.2) is 9.37 Å². The van der Waals surface area contributed by atoms with Crippen LogP contribution < -0.4 is 11.1 Å². The second-order valence-corrected chi connectivity index (χ2v) is 5.80. The summed E-state index contributed by atoms with van der Waals surface area (Å²) in [5, 5.41) is 2.88. The Balaban J connectivity index is 2.14. The van der Waals surface area contributed by atoms with E-state index in [1.165, 1.54) is 12.1 Å². The summed E-state index contributed by atoms with van der Waals surface area (Å²) in [6, 6.07) is 4.31. The highest BCUT2D eigenvalue weighted by molar-refractivity contribution is 5.79. The van der Waals surface area contributed by atoms with E-state index in [0.717, 1.165) is 5.52 Å². The maximum atomic E-state index is 13.1. The van der Waals surface area contributed by atoms with Crippen molar-refractivity contribution in [1.29, 1.82) is 0 Å². The van der Waals surface area contributed by atoms with E-state index in [0.29, 0.717) is 18.5 Å². The highest BCUT2D eigenvalue weighted by atomic mass is 19.1. The molecular weight excluding hydrogens is 259 g/mol. The van der Waals surface area contributed by atoms with Gasteiger partial charge in [-0.15, -0.1) is 0 Å². The summed E-state index contributed by atoms with van der Waals surface area (Å²) in [5.74, 6) is -0.123. The Morgan fingerprint density at radius 1 is 1.45 bits per heavy atom. The molecule has 0 saturated carbocycles. The molecule has 5 nitrogen and oxygen atoms in total. The number of imidazole rings is 1. The third-order valence-electron chi connectivity index (χ3n) is 2.82. The lowest BCUT2D eigenvalue weighted by molar-refractivity contribution is -0.122. The van der Waals surface area contributed by atoms with Crippen molar-refractivity contribution in [2.45, 2.75) is 39.3 Å². The van der Waals surface area contributed by atoms with Crippen molar-refractivity contribution in [3.05, 3.63) is 24.0 Å². The van der Waals surface area contributed by atoms with Crippen LogP contribution in [-0.4, -0.2) is 21.0 Å². The van der Waals surface area contributed by atoms with Gasteiger partial charge in [-0.3, -0.25) is 4.79 Å². The van der Waals surface area contributed by atoms with Crippen LogP contribution in [0.3, 0.4) is 0 Å². The SMILES string of the molecule is CC(C)(C)NC(=O)CCn1c(N)nc2cc(F)ccc21. The van der Waals surface area contributed by atoms with Crippen molar-refractivity contribution >= 4 is 22.9 Å². The van der Waals surface area contributed by atoms with Crippen LogP contribution in [0.15, 0.2) is 18.2 Å². The maximum Gasteiger partial charge on any atom is 0.222 e. The Labute approximate surface area is 117 Å². The lowest BCUT2D eigenvalue weighted by Gasteiger charge is -2.20. The van der Waals surface area contributed by atoms with Gasteiger partial charge in [0.05, 0.1) is 11.0 Å². The number of rotatable bonds is 3. The van der Waals surface area contributed by atoms with Gasteiger partial charge in [-0.2, -0.15) is 0 Å². The summed E-state index contributed by atoms with van der Waals surface area (Å²) in [5.41, 5.74) is 6.78. The Kier molecular flexibility index (Phi) is 3.65. The average Bonchev–Trinajstić information content (AvgIpc) is 2.59. The zero-order valence-electron chi connectivity index (χ0n) is 11.9. The fourth-order valence-corrected chi connectivity index (χ4v) is 2.05. The van der Waals surface area contributed by atoms with Crippen molar-refractivity contribution in [1.82, 2.24) is 14.9 Å². The van der Waals surface area contributed by atoms with Gasteiger partial charge < -0.3 is 15.6 Å². The molecule has 1 aromatic heterocycles. The second-order valence-electron chi connectivity index (χ2n) is 5.80. The smallest absolute Gasteiger partial charge is 0.222 e.